The van der Waals surface area contributed by atoms with Gasteiger partial charge < -0.3 is 14.6 Å². The number of carbonyl (C=O) groups excluding carboxylic acids is 2. The van der Waals surface area contributed by atoms with Crippen molar-refractivity contribution in [2.45, 2.75) is 32.6 Å². The number of Topliss-reactive ketones (excluding diaryl/α,β-unsaturated/α-hetero) is 1. The lowest BCUT2D eigenvalue weighted by Crippen LogP contribution is -1.94. The molecule has 0 saturated heterocycles. The normalized spacial score (nSPS) is 15.6. The van der Waals surface area contributed by atoms with Gasteiger partial charge in [-0.2, -0.15) is 0 Å². The second-order valence-corrected chi connectivity index (χ2v) is 3.91. The minimum absolute atomic E-state index is 0.00981. The van der Waals surface area contributed by atoms with Crippen molar-refractivity contribution in [3.8, 4) is 5.75 Å². The van der Waals surface area contributed by atoms with Crippen LogP contribution in [0, 0.1) is 0 Å². The van der Waals surface area contributed by atoms with Crippen molar-refractivity contribution in [3.05, 3.63) is 29.3 Å². The van der Waals surface area contributed by atoms with Gasteiger partial charge in [-0.25, -0.2) is 0 Å². The SMILES string of the molecule is CC.COC.O=CCC1CC(=O)c2cc(O)ccc21. The van der Waals surface area contributed by atoms with Crippen LogP contribution < -0.4 is 0 Å². The van der Waals surface area contributed by atoms with Crippen molar-refractivity contribution in [1.29, 1.82) is 0 Å². The Labute approximate surface area is 114 Å². The third-order valence-electron chi connectivity index (χ3n) is 2.59. The van der Waals surface area contributed by atoms with Crippen LogP contribution in [0.15, 0.2) is 18.2 Å². The van der Waals surface area contributed by atoms with Crippen LogP contribution >= 0.6 is 0 Å². The summed E-state index contributed by atoms with van der Waals surface area (Å²) in [7, 11) is 3.25. The quantitative estimate of drug-likeness (QED) is 0.836. The summed E-state index contributed by atoms with van der Waals surface area (Å²) in [4.78, 5) is 21.9. The molecule has 0 heterocycles. The summed E-state index contributed by atoms with van der Waals surface area (Å²) in [5.74, 6) is 0.127. The number of carbonyl (C=O) groups is 2. The van der Waals surface area contributed by atoms with Gasteiger partial charge in [0.15, 0.2) is 5.78 Å². The number of phenols is 1. The molecule has 1 aromatic rings. The highest BCUT2D eigenvalue weighted by Gasteiger charge is 2.28. The first kappa shape index (κ1) is 17.3. The second-order valence-electron chi connectivity index (χ2n) is 3.91. The van der Waals surface area contributed by atoms with E-state index in [1.54, 1.807) is 26.4 Å². The first-order valence-corrected chi connectivity index (χ1v) is 6.33. The van der Waals surface area contributed by atoms with Crippen molar-refractivity contribution in [1.82, 2.24) is 0 Å². The fourth-order valence-corrected chi connectivity index (χ4v) is 1.91. The summed E-state index contributed by atoms with van der Waals surface area (Å²) in [5, 5.41) is 9.21. The molecule has 1 aliphatic carbocycles. The molecule has 106 valence electrons. The van der Waals surface area contributed by atoms with Gasteiger partial charge in [0.1, 0.15) is 12.0 Å². The van der Waals surface area contributed by atoms with Crippen LogP contribution in [-0.2, 0) is 9.53 Å². The number of hydrogen-bond acceptors (Lipinski definition) is 4. The third-order valence-corrected chi connectivity index (χ3v) is 2.59. The topological polar surface area (TPSA) is 63.6 Å². The molecule has 0 bridgehead atoms. The number of ether oxygens (including phenoxy) is 1. The van der Waals surface area contributed by atoms with Crippen LogP contribution in [0.3, 0.4) is 0 Å². The smallest absolute Gasteiger partial charge is 0.163 e. The van der Waals surface area contributed by atoms with E-state index in [-0.39, 0.29) is 17.5 Å². The summed E-state index contributed by atoms with van der Waals surface area (Å²) in [6.07, 6.45) is 1.60. The monoisotopic (exact) mass is 266 g/mol. The number of methoxy groups -OCH3 is 1. The number of benzene rings is 1. The minimum Gasteiger partial charge on any atom is -0.508 e. The number of aldehydes is 1. The number of ketones is 1. The highest BCUT2D eigenvalue weighted by Crippen LogP contribution is 2.36. The molecule has 4 nitrogen and oxygen atoms in total. The Morgan fingerprint density at radius 1 is 1.37 bits per heavy atom. The van der Waals surface area contributed by atoms with E-state index >= 15 is 0 Å². The molecule has 1 N–H and O–H groups in total. The van der Waals surface area contributed by atoms with Gasteiger partial charge in [0.2, 0.25) is 0 Å². The van der Waals surface area contributed by atoms with Gasteiger partial charge in [0.25, 0.3) is 0 Å². The Kier molecular flexibility index (Phi) is 8.46. The third kappa shape index (κ3) is 4.83. The van der Waals surface area contributed by atoms with Crippen LogP contribution in [0.25, 0.3) is 0 Å². The largest absolute Gasteiger partial charge is 0.508 e. The zero-order valence-corrected chi connectivity index (χ0v) is 12.0. The lowest BCUT2D eigenvalue weighted by molar-refractivity contribution is -0.108. The molecule has 0 aromatic heterocycles. The number of rotatable bonds is 2. The average Bonchev–Trinajstić information content (AvgIpc) is 2.70. The average molecular weight is 266 g/mol. The van der Waals surface area contributed by atoms with E-state index < -0.39 is 0 Å². The molecule has 0 fully saturated rings. The van der Waals surface area contributed by atoms with E-state index in [1.165, 1.54) is 6.07 Å². The number of fused-ring (bicyclic) bond motifs is 1. The van der Waals surface area contributed by atoms with E-state index in [9.17, 15) is 14.7 Å². The molecule has 0 radical (unpaired) electrons. The Balaban J connectivity index is 0.000000573. The van der Waals surface area contributed by atoms with Gasteiger partial charge in [-0.05, 0) is 23.6 Å². The Hall–Kier alpha value is -1.68. The molecule has 1 aliphatic rings. The molecule has 4 heteroatoms. The predicted molar refractivity (Wildman–Crippen MR) is 74.8 cm³/mol. The van der Waals surface area contributed by atoms with E-state index in [0.29, 0.717) is 18.4 Å². The van der Waals surface area contributed by atoms with E-state index in [4.69, 9.17) is 0 Å². The fourth-order valence-electron chi connectivity index (χ4n) is 1.91. The maximum absolute atomic E-state index is 11.5. The Bertz CT molecular complexity index is 413. The fraction of sp³-hybridized carbons (Fsp3) is 0.467. The van der Waals surface area contributed by atoms with E-state index in [1.807, 2.05) is 13.8 Å². The van der Waals surface area contributed by atoms with E-state index in [0.717, 1.165) is 11.8 Å². The predicted octanol–water partition coefficient (Wildman–Crippen LogP) is 2.94. The highest BCUT2D eigenvalue weighted by atomic mass is 16.4. The van der Waals surface area contributed by atoms with Crippen LogP contribution in [0.2, 0.25) is 0 Å². The first-order chi connectivity index (χ1) is 9.13. The molecule has 0 aliphatic heterocycles. The van der Waals surface area contributed by atoms with Crippen LogP contribution in [0.5, 0.6) is 5.75 Å². The van der Waals surface area contributed by atoms with Gasteiger partial charge in [-0.15, -0.1) is 0 Å². The molecule has 0 amide bonds. The van der Waals surface area contributed by atoms with Crippen LogP contribution in [-0.4, -0.2) is 31.4 Å². The van der Waals surface area contributed by atoms with Gasteiger partial charge >= 0.3 is 0 Å². The molecule has 1 atom stereocenters. The zero-order valence-electron chi connectivity index (χ0n) is 12.0. The van der Waals surface area contributed by atoms with Crippen molar-refractivity contribution in [3.63, 3.8) is 0 Å². The summed E-state index contributed by atoms with van der Waals surface area (Å²) in [6, 6.07) is 4.75. The molecule has 0 saturated carbocycles. The van der Waals surface area contributed by atoms with E-state index in [2.05, 4.69) is 4.74 Å². The van der Waals surface area contributed by atoms with Gasteiger partial charge in [0.05, 0.1) is 0 Å². The van der Waals surface area contributed by atoms with Crippen LogP contribution in [0.4, 0.5) is 0 Å². The lowest BCUT2D eigenvalue weighted by Gasteiger charge is -2.05. The summed E-state index contributed by atoms with van der Waals surface area (Å²) < 4.78 is 4.25. The molecular formula is C15H22O4. The van der Waals surface area contributed by atoms with Gasteiger partial charge in [-0.3, -0.25) is 4.79 Å². The molecule has 1 unspecified atom stereocenters. The van der Waals surface area contributed by atoms with Gasteiger partial charge in [0, 0.05) is 32.6 Å². The lowest BCUT2D eigenvalue weighted by atomic mass is 9.99. The molecule has 2 rings (SSSR count). The van der Waals surface area contributed by atoms with Crippen molar-refractivity contribution in [2.24, 2.45) is 0 Å². The minimum atomic E-state index is 0.00981. The highest BCUT2D eigenvalue weighted by molar-refractivity contribution is 6.01. The van der Waals surface area contributed by atoms with Crippen LogP contribution in [0.1, 0.15) is 48.5 Å². The maximum atomic E-state index is 11.5. The molecule has 0 spiro atoms. The number of aromatic hydroxyl groups is 1. The van der Waals surface area contributed by atoms with Gasteiger partial charge in [-0.1, -0.05) is 19.9 Å². The zero-order chi connectivity index (χ0) is 14.8. The van der Waals surface area contributed by atoms with Crippen molar-refractivity contribution >= 4 is 12.1 Å². The van der Waals surface area contributed by atoms with Crippen molar-refractivity contribution < 1.29 is 19.4 Å². The first-order valence-electron chi connectivity index (χ1n) is 6.33. The Morgan fingerprint density at radius 3 is 2.47 bits per heavy atom. The standard InChI is InChI=1S/C11H10O3.C2H6O.C2H6/c12-4-3-7-5-11(14)10-6-8(13)1-2-9(7)10;1-3-2;1-2/h1-2,4,6-7,13H,3,5H2;1-2H3;1-2H3. The molecule has 19 heavy (non-hydrogen) atoms. The molecule has 1 aromatic carbocycles. The Morgan fingerprint density at radius 2 is 1.95 bits per heavy atom. The number of hydrogen-bond donors (Lipinski definition) is 1. The summed E-state index contributed by atoms with van der Waals surface area (Å²) in [6.45, 7) is 4.00. The second kappa shape index (κ2) is 9.28. The summed E-state index contributed by atoms with van der Waals surface area (Å²) >= 11 is 0. The van der Waals surface area contributed by atoms with Crippen molar-refractivity contribution in [2.75, 3.05) is 14.2 Å². The molecular weight excluding hydrogens is 244 g/mol. The summed E-state index contributed by atoms with van der Waals surface area (Å²) in [5.41, 5.74) is 1.46. The number of phenolic OH excluding ortho intramolecular Hbond substituents is 1. The maximum Gasteiger partial charge on any atom is 0.163 e.